The van der Waals surface area contributed by atoms with Gasteiger partial charge in [0.15, 0.2) is 0 Å². The average Bonchev–Trinajstić information content (AvgIpc) is 3.01. The molecule has 22 heavy (non-hydrogen) atoms. The number of hydrogen-bond donors (Lipinski definition) is 2. The normalized spacial score (nSPS) is 27.5. The molecule has 3 rings (SSSR count). The third kappa shape index (κ3) is 3.33. The van der Waals surface area contributed by atoms with Gasteiger partial charge in [-0.15, -0.1) is 0 Å². The largest absolute Gasteiger partial charge is 0.381 e. The fourth-order valence-electron chi connectivity index (χ4n) is 3.78. The highest BCUT2D eigenvalue weighted by atomic mass is 16.5. The van der Waals surface area contributed by atoms with Crippen molar-refractivity contribution in [2.24, 2.45) is 11.7 Å². The molecule has 1 amide bonds. The second-order valence-electron chi connectivity index (χ2n) is 6.75. The molecule has 1 aromatic rings. The quantitative estimate of drug-likeness (QED) is 0.894. The zero-order valence-corrected chi connectivity index (χ0v) is 13.1. The number of nitrogens with one attached hydrogen (secondary N) is 1. The number of hydrogen-bond acceptors (Lipinski definition) is 3. The highest BCUT2D eigenvalue weighted by Crippen LogP contribution is 2.34. The van der Waals surface area contributed by atoms with Gasteiger partial charge in [-0.1, -0.05) is 30.3 Å². The smallest absolute Gasteiger partial charge is 0.223 e. The molecule has 4 heteroatoms. The molecule has 1 aromatic carbocycles. The lowest BCUT2D eigenvalue weighted by atomic mass is 9.74. The standard InChI is InChI=1S/C18H26N2O2/c19-16-7-6-14(12-16)17(21)20-13-18(8-10-22-11-9-18)15-4-2-1-3-5-15/h1-5,14,16H,6-13,19H2,(H,20,21). The zero-order chi connectivity index (χ0) is 15.4. The van der Waals surface area contributed by atoms with Gasteiger partial charge in [0.25, 0.3) is 0 Å². The van der Waals surface area contributed by atoms with Crippen LogP contribution in [0.15, 0.2) is 30.3 Å². The van der Waals surface area contributed by atoms with Crippen molar-refractivity contribution in [3.05, 3.63) is 35.9 Å². The van der Waals surface area contributed by atoms with E-state index in [4.69, 9.17) is 10.5 Å². The lowest BCUT2D eigenvalue weighted by Gasteiger charge is -2.38. The van der Waals surface area contributed by atoms with Gasteiger partial charge in [-0.3, -0.25) is 4.79 Å². The third-order valence-electron chi connectivity index (χ3n) is 5.28. The van der Waals surface area contributed by atoms with Crippen molar-refractivity contribution in [1.29, 1.82) is 0 Å². The summed E-state index contributed by atoms with van der Waals surface area (Å²) in [5.74, 6) is 0.275. The Morgan fingerprint density at radius 2 is 1.95 bits per heavy atom. The SMILES string of the molecule is NC1CCC(C(=O)NCC2(c3ccccc3)CCOCC2)C1. The minimum atomic E-state index is 0.00981. The van der Waals surface area contributed by atoms with Gasteiger partial charge in [-0.2, -0.15) is 0 Å². The van der Waals surface area contributed by atoms with E-state index in [1.165, 1.54) is 5.56 Å². The van der Waals surface area contributed by atoms with E-state index < -0.39 is 0 Å². The summed E-state index contributed by atoms with van der Waals surface area (Å²) in [6.45, 7) is 2.23. The van der Waals surface area contributed by atoms with E-state index in [-0.39, 0.29) is 23.3 Å². The second kappa shape index (κ2) is 6.80. The Morgan fingerprint density at radius 3 is 2.59 bits per heavy atom. The summed E-state index contributed by atoms with van der Waals surface area (Å²) in [6.07, 6.45) is 4.64. The molecule has 120 valence electrons. The van der Waals surface area contributed by atoms with E-state index in [2.05, 4.69) is 29.6 Å². The summed E-state index contributed by atoms with van der Waals surface area (Å²) in [7, 11) is 0. The van der Waals surface area contributed by atoms with Gasteiger partial charge in [-0.25, -0.2) is 0 Å². The molecule has 0 radical (unpaired) electrons. The highest BCUT2D eigenvalue weighted by molar-refractivity contribution is 5.79. The van der Waals surface area contributed by atoms with Crippen molar-refractivity contribution in [1.82, 2.24) is 5.32 Å². The van der Waals surface area contributed by atoms with Crippen LogP contribution in [0.4, 0.5) is 0 Å². The molecule has 1 saturated carbocycles. The number of benzene rings is 1. The Hall–Kier alpha value is -1.39. The molecular formula is C18H26N2O2. The van der Waals surface area contributed by atoms with E-state index in [1.54, 1.807) is 0 Å². The zero-order valence-electron chi connectivity index (χ0n) is 13.1. The van der Waals surface area contributed by atoms with Crippen molar-refractivity contribution in [2.45, 2.75) is 43.6 Å². The number of rotatable bonds is 4. The van der Waals surface area contributed by atoms with Crippen LogP contribution in [0, 0.1) is 5.92 Å². The van der Waals surface area contributed by atoms with Crippen molar-refractivity contribution in [2.75, 3.05) is 19.8 Å². The van der Waals surface area contributed by atoms with Gasteiger partial charge < -0.3 is 15.8 Å². The van der Waals surface area contributed by atoms with Crippen LogP contribution in [0.1, 0.15) is 37.7 Å². The summed E-state index contributed by atoms with van der Waals surface area (Å²) < 4.78 is 5.54. The molecule has 1 heterocycles. The second-order valence-corrected chi connectivity index (χ2v) is 6.75. The molecule has 1 saturated heterocycles. The summed E-state index contributed by atoms with van der Waals surface area (Å²) >= 11 is 0. The van der Waals surface area contributed by atoms with E-state index in [0.717, 1.165) is 45.3 Å². The molecule has 2 unspecified atom stereocenters. The van der Waals surface area contributed by atoms with E-state index >= 15 is 0 Å². The monoisotopic (exact) mass is 302 g/mol. The highest BCUT2D eigenvalue weighted by Gasteiger charge is 2.36. The molecule has 0 bridgehead atoms. The number of nitrogens with two attached hydrogens (primary N) is 1. The maximum Gasteiger partial charge on any atom is 0.223 e. The van der Waals surface area contributed by atoms with Crippen LogP contribution >= 0.6 is 0 Å². The molecular weight excluding hydrogens is 276 g/mol. The number of amides is 1. The molecule has 0 aromatic heterocycles. The molecule has 0 spiro atoms. The number of ether oxygens (including phenoxy) is 1. The van der Waals surface area contributed by atoms with Crippen molar-refractivity contribution < 1.29 is 9.53 Å². The molecule has 2 fully saturated rings. The van der Waals surface area contributed by atoms with E-state index in [9.17, 15) is 4.79 Å². The topological polar surface area (TPSA) is 64.4 Å². The predicted octanol–water partition coefficient (Wildman–Crippen LogP) is 1.98. The maximum atomic E-state index is 12.4. The first kappa shape index (κ1) is 15.5. The Labute approximate surface area is 132 Å². The lowest BCUT2D eigenvalue weighted by molar-refractivity contribution is -0.125. The molecule has 1 aliphatic heterocycles. The van der Waals surface area contributed by atoms with Crippen molar-refractivity contribution >= 4 is 5.91 Å². The Morgan fingerprint density at radius 1 is 1.23 bits per heavy atom. The number of carbonyl (C=O) groups is 1. The summed E-state index contributed by atoms with van der Waals surface area (Å²) in [5, 5.41) is 3.20. The molecule has 2 atom stereocenters. The van der Waals surface area contributed by atoms with Crippen molar-refractivity contribution in [3.63, 3.8) is 0 Å². The van der Waals surface area contributed by atoms with Crippen LogP contribution in [0.3, 0.4) is 0 Å². The molecule has 3 N–H and O–H groups in total. The van der Waals surface area contributed by atoms with Gasteiger partial charge in [0, 0.05) is 37.1 Å². The minimum Gasteiger partial charge on any atom is -0.381 e. The van der Waals surface area contributed by atoms with Crippen LogP contribution < -0.4 is 11.1 Å². The first-order valence-corrected chi connectivity index (χ1v) is 8.36. The maximum absolute atomic E-state index is 12.4. The first-order valence-electron chi connectivity index (χ1n) is 8.36. The fraction of sp³-hybridized carbons (Fsp3) is 0.611. The van der Waals surface area contributed by atoms with Gasteiger partial charge in [0.2, 0.25) is 5.91 Å². The third-order valence-corrected chi connectivity index (χ3v) is 5.28. The summed E-state index contributed by atoms with van der Waals surface area (Å²) in [5.41, 5.74) is 7.24. The minimum absolute atomic E-state index is 0.00981. The van der Waals surface area contributed by atoms with Crippen LogP contribution in [0.5, 0.6) is 0 Å². The van der Waals surface area contributed by atoms with E-state index in [1.807, 2.05) is 6.07 Å². The summed E-state index contributed by atoms with van der Waals surface area (Å²) in [6, 6.07) is 10.7. The van der Waals surface area contributed by atoms with Crippen LogP contribution in [-0.4, -0.2) is 31.7 Å². The van der Waals surface area contributed by atoms with Crippen molar-refractivity contribution in [3.8, 4) is 0 Å². The fourth-order valence-corrected chi connectivity index (χ4v) is 3.78. The predicted molar refractivity (Wildman–Crippen MR) is 86.5 cm³/mol. The average molecular weight is 302 g/mol. The van der Waals surface area contributed by atoms with Gasteiger partial charge in [-0.05, 0) is 37.7 Å². The van der Waals surface area contributed by atoms with Crippen LogP contribution in [0.2, 0.25) is 0 Å². The molecule has 2 aliphatic rings. The van der Waals surface area contributed by atoms with Gasteiger partial charge >= 0.3 is 0 Å². The first-order chi connectivity index (χ1) is 10.7. The lowest BCUT2D eigenvalue weighted by Crippen LogP contribution is -2.45. The van der Waals surface area contributed by atoms with Gasteiger partial charge in [0.1, 0.15) is 0 Å². The molecule has 1 aliphatic carbocycles. The van der Waals surface area contributed by atoms with E-state index in [0.29, 0.717) is 6.54 Å². The molecule has 4 nitrogen and oxygen atoms in total. The Balaban J connectivity index is 1.67. The number of carbonyl (C=O) groups excluding carboxylic acids is 1. The Kier molecular flexibility index (Phi) is 4.79. The van der Waals surface area contributed by atoms with Crippen LogP contribution in [-0.2, 0) is 14.9 Å². The Bertz CT molecular complexity index is 497. The summed E-state index contributed by atoms with van der Waals surface area (Å²) in [4.78, 5) is 12.4. The van der Waals surface area contributed by atoms with Crippen LogP contribution in [0.25, 0.3) is 0 Å². The van der Waals surface area contributed by atoms with Gasteiger partial charge in [0.05, 0.1) is 0 Å².